The molecule has 0 radical (unpaired) electrons. The van der Waals surface area contributed by atoms with Crippen LogP contribution in [0.5, 0.6) is 0 Å². The zero-order valence-corrected chi connectivity index (χ0v) is 21.1. The van der Waals surface area contributed by atoms with Crippen LogP contribution in [0.15, 0.2) is 72.9 Å². The number of carbonyl (C=O) groups is 3. The molecule has 2 saturated heterocycles. The molecule has 198 valence electrons. The number of nitrogens with zero attached hydrogens (tertiary/aromatic N) is 2. The average Bonchev–Trinajstić information content (AvgIpc) is 3.38. The maximum absolute atomic E-state index is 13.9. The van der Waals surface area contributed by atoms with E-state index < -0.39 is 53.4 Å². The lowest BCUT2D eigenvalue weighted by Crippen LogP contribution is -2.46. The van der Waals surface area contributed by atoms with Gasteiger partial charge in [-0.25, -0.2) is 4.90 Å². The summed E-state index contributed by atoms with van der Waals surface area (Å²) in [6.45, 7) is 3.82. The molecular formula is C30H24F3N3O3. The summed E-state index contributed by atoms with van der Waals surface area (Å²) in [5.74, 6) is -3.42. The third-order valence-corrected chi connectivity index (χ3v) is 7.94. The fraction of sp³-hybridized carbons (Fsp3) is 0.233. The zero-order valence-electron chi connectivity index (χ0n) is 21.1. The number of nitrogens with one attached hydrogen (secondary N) is 1. The molecule has 3 amide bonds. The van der Waals surface area contributed by atoms with Crippen LogP contribution in [0.1, 0.15) is 33.9 Å². The number of hydrogen-bond donors (Lipinski definition) is 1. The molecular weight excluding hydrogens is 507 g/mol. The van der Waals surface area contributed by atoms with Crippen LogP contribution in [0, 0.1) is 25.7 Å². The molecule has 3 aliphatic rings. The molecule has 0 aliphatic carbocycles. The van der Waals surface area contributed by atoms with Crippen molar-refractivity contribution in [3.63, 3.8) is 0 Å². The minimum atomic E-state index is -4.58. The molecule has 9 heteroatoms. The van der Waals surface area contributed by atoms with E-state index in [0.717, 1.165) is 39.3 Å². The predicted molar refractivity (Wildman–Crippen MR) is 139 cm³/mol. The van der Waals surface area contributed by atoms with Crippen LogP contribution in [-0.4, -0.2) is 28.7 Å². The highest BCUT2D eigenvalue weighted by molar-refractivity contribution is 6.24. The summed E-state index contributed by atoms with van der Waals surface area (Å²) in [5.41, 5.74) is 3.10. The summed E-state index contributed by atoms with van der Waals surface area (Å²) in [6, 6.07) is 15.5. The first-order valence-corrected chi connectivity index (χ1v) is 12.5. The summed E-state index contributed by atoms with van der Waals surface area (Å²) in [4.78, 5) is 44.5. The summed E-state index contributed by atoms with van der Waals surface area (Å²) in [7, 11) is 0. The van der Waals surface area contributed by atoms with Gasteiger partial charge in [-0.1, -0.05) is 36.4 Å². The Hall–Kier alpha value is -4.40. The Kier molecular flexibility index (Phi) is 5.64. The molecule has 6 rings (SSSR count). The molecule has 0 unspecified atom stereocenters. The van der Waals surface area contributed by atoms with Crippen molar-refractivity contribution in [2.24, 2.45) is 11.8 Å². The summed E-state index contributed by atoms with van der Waals surface area (Å²) < 4.78 is 39.8. The molecule has 1 N–H and O–H groups in total. The lowest BCUT2D eigenvalue weighted by atomic mass is 9.84. The second kappa shape index (κ2) is 8.83. The molecule has 3 aromatic carbocycles. The highest BCUT2D eigenvalue weighted by Crippen LogP contribution is 2.53. The molecule has 4 atom stereocenters. The highest BCUT2D eigenvalue weighted by Gasteiger charge is 2.64. The fourth-order valence-electron chi connectivity index (χ4n) is 5.97. The number of aryl methyl sites for hydroxylation is 2. The maximum atomic E-state index is 13.9. The van der Waals surface area contributed by atoms with Gasteiger partial charge in [0, 0.05) is 11.9 Å². The van der Waals surface area contributed by atoms with Crippen molar-refractivity contribution in [1.82, 2.24) is 4.90 Å². The van der Waals surface area contributed by atoms with E-state index in [1.165, 1.54) is 12.1 Å². The molecule has 0 bridgehead atoms. The molecule has 3 heterocycles. The lowest BCUT2D eigenvalue weighted by molar-refractivity contribution is -0.137. The van der Waals surface area contributed by atoms with E-state index in [-0.39, 0.29) is 5.69 Å². The second-order valence-electron chi connectivity index (χ2n) is 10.2. The minimum absolute atomic E-state index is 0.0426. The first-order valence-electron chi connectivity index (χ1n) is 12.5. The van der Waals surface area contributed by atoms with Crippen molar-refractivity contribution < 1.29 is 27.6 Å². The Morgan fingerprint density at radius 2 is 1.62 bits per heavy atom. The van der Waals surface area contributed by atoms with Crippen molar-refractivity contribution in [1.29, 1.82) is 0 Å². The average molecular weight is 532 g/mol. The van der Waals surface area contributed by atoms with Crippen LogP contribution in [0.4, 0.5) is 24.5 Å². The van der Waals surface area contributed by atoms with Gasteiger partial charge in [-0.3, -0.25) is 14.4 Å². The Morgan fingerprint density at radius 1 is 0.872 bits per heavy atom. The number of amides is 3. The number of halogens is 3. The SMILES string of the molecule is Cc1ccc(N2C(=O)[C@@H]3[C@H](C2=O)[C@H]2c4ccccc4C=CN2[C@@H]3C(=O)Nc2cccc(C(F)(F)F)c2)cc1C. The van der Waals surface area contributed by atoms with E-state index in [9.17, 15) is 27.6 Å². The van der Waals surface area contributed by atoms with Gasteiger partial charge in [0.05, 0.1) is 29.1 Å². The van der Waals surface area contributed by atoms with Crippen molar-refractivity contribution in [3.05, 3.63) is 101 Å². The third kappa shape index (κ3) is 3.91. The molecule has 2 fully saturated rings. The number of rotatable bonds is 3. The van der Waals surface area contributed by atoms with Gasteiger partial charge < -0.3 is 10.2 Å². The summed E-state index contributed by atoms with van der Waals surface area (Å²) in [5, 5.41) is 2.58. The molecule has 0 aromatic heterocycles. The summed E-state index contributed by atoms with van der Waals surface area (Å²) in [6.07, 6.45) is -1.07. The minimum Gasteiger partial charge on any atom is -0.357 e. The van der Waals surface area contributed by atoms with Crippen LogP contribution in [0.2, 0.25) is 0 Å². The normalized spacial score (nSPS) is 23.5. The highest BCUT2D eigenvalue weighted by atomic mass is 19.4. The number of alkyl halides is 3. The molecule has 0 saturated carbocycles. The van der Waals surface area contributed by atoms with Crippen LogP contribution in [-0.2, 0) is 20.6 Å². The molecule has 3 aromatic rings. The van der Waals surface area contributed by atoms with Gasteiger partial charge in [-0.15, -0.1) is 0 Å². The van der Waals surface area contributed by atoms with E-state index >= 15 is 0 Å². The van der Waals surface area contributed by atoms with Crippen LogP contribution in [0.25, 0.3) is 6.08 Å². The van der Waals surface area contributed by atoms with Crippen LogP contribution in [0.3, 0.4) is 0 Å². The Labute approximate surface area is 222 Å². The van der Waals surface area contributed by atoms with E-state index in [4.69, 9.17) is 0 Å². The standard InChI is InChI=1S/C30H24F3N3O3/c1-16-10-11-21(14-17(16)2)36-28(38)23-24(29(36)39)26(35-13-12-18-6-3-4-9-22(18)25(23)35)27(37)34-20-8-5-7-19(15-20)30(31,32)33/h3-15,23-26H,1-2H3,(H,34,37)/t23-,24+,25+,26-/m0/s1. The Bertz CT molecular complexity index is 1560. The van der Waals surface area contributed by atoms with Crippen molar-refractivity contribution in [2.75, 3.05) is 10.2 Å². The maximum Gasteiger partial charge on any atom is 0.416 e. The number of hydrogen-bond acceptors (Lipinski definition) is 4. The van der Waals surface area contributed by atoms with Crippen LogP contribution < -0.4 is 10.2 Å². The molecule has 6 nitrogen and oxygen atoms in total. The number of imide groups is 1. The number of anilines is 2. The van der Waals surface area contributed by atoms with Gasteiger partial charge in [0.2, 0.25) is 17.7 Å². The lowest BCUT2D eigenvalue weighted by Gasteiger charge is -2.35. The van der Waals surface area contributed by atoms with Gasteiger partial charge in [-0.05, 0) is 72.5 Å². The van der Waals surface area contributed by atoms with E-state index in [1.54, 1.807) is 23.2 Å². The smallest absolute Gasteiger partial charge is 0.357 e. The van der Waals surface area contributed by atoms with E-state index in [2.05, 4.69) is 5.32 Å². The predicted octanol–water partition coefficient (Wildman–Crippen LogP) is 5.48. The molecule has 39 heavy (non-hydrogen) atoms. The monoisotopic (exact) mass is 531 g/mol. The first-order chi connectivity index (χ1) is 18.6. The van der Waals surface area contributed by atoms with Gasteiger partial charge in [-0.2, -0.15) is 13.2 Å². The zero-order chi connectivity index (χ0) is 27.6. The quantitative estimate of drug-likeness (QED) is 0.455. The van der Waals surface area contributed by atoms with Crippen molar-refractivity contribution >= 4 is 35.2 Å². The molecule has 3 aliphatic heterocycles. The van der Waals surface area contributed by atoms with Crippen molar-refractivity contribution in [3.8, 4) is 0 Å². The van der Waals surface area contributed by atoms with Gasteiger partial charge in [0.1, 0.15) is 6.04 Å². The number of fused-ring (bicyclic) bond motifs is 5. The van der Waals surface area contributed by atoms with E-state index in [1.807, 2.05) is 50.3 Å². The van der Waals surface area contributed by atoms with Crippen molar-refractivity contribution in [2.45, 2.75) is 32.1 Å². The van der Waals surface area contributed by atoms with E-state index in [0.29, 0.717) is 5.69 Å². The van der Waals surface area contributed by atoms with Gasteiger partial charge >= 0.3 is 6.18 Å². The van der Waals surface area contributed by atoms with Crippen LogP contribution >= 0.6 is 0 Å². The fourth-order valence-corrected chi connectivity index (χ4v) is 5.97. The number of benzene rings is 3. The number of carbonyl (C=O) groups excluding carboxylic acids is 3. The topological polar surface area (TPSA) is 69.7 Å². The third-order valence-electron chi connectivity index (χ3n) is 7.94. The first kappa shape index (κ1) is 24.9. The summed E-state index contributed by atoms with van der Waals surface area (Å²) >= 11 is 0. The molecule has 0 spiro atoms. The Balaban J connectivity index is 1.42. The largest absolute Gasteiger partial charge is 0.416 e. The Morgan fingerprint density at radius 3 is 2.36 bits per heavy atom. The van der Waals surface area contributed by atoms with Gasteiger partial charge in [0.15, 0.2) is 0 Å². The van der Waals surface area contributed by atoms with Gasteiger partial charge in [0.25, 0.3) is 0 Å². The second-order valence-corrected chi connectivity index (χ2v) is 10.2.